The van der Waals surface area contributed by atoms with E-state index in [0.29, 0.717) is 6.61 Å². The third-order valence-electron chi connectivity index (χ3n) is 5.42. The predicted molar refractivity (Wildman–Crippen MR) is 129 cm³/mol. The van der Waals surface area contributed by atoms with Gasteiger partial charge >= 0.3 is 5.97 Å². The van der Waals surface area contributed by atoms with Crippen LogP contribution in [0.1, 0.15) is 51.3 Å². The van der Waals surface area contributed by atoms with Gasteiger partial charge in [0.2, 0.25) is 5.91 Å². The van der Waals surface area contributed by atoms with E-state index in [1.165, 1.54) is 0 Å². The van der Waals surface area contributed by atoms with Crippen molar-refractivity contribution < 1.29 is 29.3 Å². The van der Waals surface area contributed by atoms with Crippen molar-refractivity contribution in [3.63, 3.8) is 0 Å². The van der Waals surface area contributed by atoms with Gasteiger partial charge in [-0.15, -0.1) is 0 Å². The second kappa shape index (κ2) is 12.1. The summed E-state index contributed by atoms with van der Waals surface area (Å²) < 4.78 is 10.7. The quantitative estimate of drug-likeness (QED) is 0.487. The molecule has 2 atom stereocenters. The standard InChI is InChI=1S/C17H20N2O2.C9H16O4/c18-12-11-15(20)17(21)19-16(13-7-3-1-4-8-13)14-9-5-2-6-10-14;1-8(2)5-12-9(3,4)13-6(8)7(10)11/h1-10,15-16,20H,11-12,18H2,(H,19,21);6H,5H2,1-4H3,(H,10,11)/t;6-/m.0/s1. The Balaban J connectivity index is 0.000000270. The molecule has 0 saturated carbocycles. The largest absolute Gasteiger partial charge is 0.479 e. The molecular weight excluding hydrogens is 436 g/mol. The maximum Gasteiger partial charge on any atom is 0.333 e. The lowest BCUT2D eigenvalue weighted by molar-refractivity contribution is -0.307. The lowest BCUT2D eigenvalue weighted by atomic mass is 9.86. The van der Waals surface area contributed by atoms with Crippen LogP contribution in [-0.4, -0.2) is 53.2 Å². The van der Waals surface area contributed by atoms with Gasteiger partial charge in [-0.1, -0.05) is 74.5 Å². The van der Waals surface area contributed by atoms with Crippen molar-refractivity contribution in [3.05, 3.63) is 71.8 Å². The van der Waals surface area contributed by atoms with Gasteiger partial charge in [-0.05, 0) is 37.9 Å². The average Bonchev–Trinajstić information content (AvgIpc) is 2.80. The number of hydrogen-bond donors (Lipinski definition) is 4. The third kappa shape index (κ3) is 7.92. The summed E-state index contributed by atoms with van der Waals surface area (Å²) in [4.78, 5) is 23.0. The SMILES string of the molecule is CC1(C)OCC(C)(C)[C@H](C(=O)O)O1.NCCC(O)C(=O)NC(c1ccccc1)c1ccccc1. The van der Waals surface area contributed by atoms with E-state index in [0.717, 1.165) is 11.1 Å². The highest BCUT2D eigenvalue weighted by atomic mass is 16.7. The van der Waals surface area contributed by atoms with Gasteiger partial charge in [-0.2, -0.15) is 0 Å². The number of benzene rings is 2. The van der Waals surface area contributed by atoms with Gasteiger partial charge in [-0.25, -0.2) is 4.79 Å². The Hall–Kier alpha value is -2.78. The van der Waals surface area contributed by atoms with Gasteiger partial charge in [0.15, 0.2) is 11.9 Å². The number of carboxylic acids is 1. The first kappa shape index (κ1) is 27.5. The number of nitrogens with two attached hydrogens (primary N) is 1. The van der Waals surface area contributed by atoms with Crippen LogP contribution in [0.3, 0.4) is 0 Å². The van der Waals surface area contributed by atoms with Crippen LogP contribution in [0.4, 0.5) is 0 Å². The zero-order valence-electron chi connectivity index (χ0n) is 20.2. The molecule has 0 spiro atoms. The Labute approximate surface area is 201 Å². The fourth-order valence-corrected chi connectivity index (χ4v) is 3.48. The van der Waals surface area contributed by atoms with E-state index in [-0.39, 0.29) is 19.0 Å². The summed E-state index contributed by atoms with van der Waals surface area (Å²) in [6.07, 6.45) is -1.62. The number of carboxylic acid groups (broad SMARTS) is 1. The summed E-state index contributed by atoms with van der Waals surface area (Å²) in [5.74, 6) is -2.13. The third-order valence-corrected chi connectivity index (χ3v) is 5.42. The van der Waals surface area contributed by atoms with Gasteiger partial charge in [0.05, 0.1) is 12.6 Å². The number of amides is 1. The van der Waals surface area contributed by atoms with Gasteiger partial charge in [0.25, 0.3) is 0 Å². The summed E-state index contributed by atoms with van der Waals surface area (Å²) in [5, 5.41) is 21.6. The molecule has 0 bridgehead atoms. The maximum atomic E-state index is 12.1. The molecular formula is C26H36N2O6. The van der Waals surface area contributed by atoms with E-state index >= 15 is 0 Å². The number of aliphatic carboxylic acids is 1. The second-order valence-electron chi connectivity index (χ2n) is 9.37. The van der Waals surface area contributed by atoms with Crippen LogP contribution in [0, 0.1) is 5.41 Å². The van der Waals surface area contributed by atoms with Crippen LogP contribution < -0.4 is 11.1 Å². The first-order valence-corrected chi connectivity index (χ1v) is 11.3. The van der Waals surface area contributed by atoms with Crippen molar-refractivity contribution in [1.82, 2.24) is 5.32 Å². The molecule has 1 unspecified atom stereocenters. The van der Waals surface area contributed by atoms with Crippen molar-refractivity contribution in [2.24, 2.45) is 11.1 Å². The van der Waals surface area contributed by atoms with Crippen LogP contribution in [-0.2, 0) is 19.1 Å². The Kier molecular flexibility index (Phi) is 9.76. The average molecular weight is 473 g/mol. The molecule has 186 valence electrons. The molecule has 1 saturated heterocycles. The molecule has 3 rings (SSSR count). The smallest absolute Gasteiger partial charge is 0.333 e. The first-order valence-electron chi connectivity index (χ1n) is 11.3. The topological polar surface area (TPSA) is 131 Å². The minimum atomic E-state index is -1.08. The van der Waals surface area contributed by atoms with Crippen molar-refractivity contribution in [1.29, 1.82) is 0 Å². The highest BCUT2D eigenvalue weighted by Gasteiger charge is 2.45. The maximum absolute atomic E-state index is 12.1. The monoisotopic (exact) mass is 472 g/mol. The number of rotatable bonds is 7. The van der Waals surface area contributed by atoms with Crippen molar-refractivity contribution in [2.45, 2.75) is 58.2 Å². The molecule has 2 aromatic rings. The van der Waals surface area contributed by atoms with Crippen molar-refractivity contribution in [2.75, 3.05) is 13.2 Å². The number of nitrogens with one attached hydrogen (secondary N) is 1. The predicted octanol–water partition coefficient (Wildman–Crippen LogP) is 2.85. The molecule has 1 aliphatic heterocycles. The minimum Gasteiger partial charge on any atom is -0.479 e. The van der Waals surface area contributed by atoms with E-state index in [2.05, 4.69) is 5.32 Å². The van der Waals surface area contributed by atoms with Crippen LogP contribution in [0.15, 0.2) is 60.7 Å². The minimum absolute atomic E-state index is 0.252. The lowest BCUT2D eigenvalue weighted by Gasteiger charge is -2.43. The summed E-state index contributed by atoms with van der Waals surface area (Å²) in [6, 6.07) is 19.1. The zero-order valence-corrected chi connectivity index (χ0v) is 20.2. The fourth-order valence-electron chi connectivity index (χ4n) is 3.48. The van der Waals surface area contributed by atoms with E-state index in [9.17, 15) is 14.7 Å². The molecule has 1 heterocycles. The van der Waals surface area contributed by atoms with Crippen LogP contribution in [0.5, 0.6) is 0 Å². The molecule has 1 aliphatic rings. The fraction of sp³-hybridized carbons (Fsp3) is 0.462. The Morgan fingerprint density at radius 1 is 1.03 bits per heavy atom. The van der Waals surface area contributed by atoms with Crippen LogP contribution in [0.25, 0.3) is 0 Å². The van der Waals surface area contributed by atoms with E-state index < -0.39 is 35.3 Å². The Morgan fingerprint density at radius 2 is 1.53 bits per heavy atom. The molecule has 0 radical (unpaired) electrons. The van der Waals surface area contributed by atoms with Crippen LogP contribution >= 0.6 is 0 Å². The number of aliphatic hydroxyl groups excluding tert-OH is 1. The molecule has 0 aromatic heterocycles. The summed E-state index contributed by atoms with van der Waals surface area (Å²) in [6.45, 7) is 7.76. The summed E-state index contributed by atoms with van der Waals surface area (Å²) in [7, 11) is 0. The molecule has 1 amide bonds. The van der Waals surface area contributed by atoms with Gasteiger partial charge in [0.1, 0.15) is 6.10 Å². The zero-order chi connectivity index (χ0) is 25.4. The van der Waals surface area contributed by atoms with Gasteiger partial charge in [-0.3, -0.25) is 4.79 Å². The molecule has 0 aliphatic carbocycles. The highest BCUT2D eigenvalue weighted by Crippen LogP contribution is 2.34. The number of aliphatic hydroxyl groups is 1. The number of ether oxygens (including phenoxy) is 2. The number of carbonyl (C=O) groups is 2. The molecule has 2 aromatic carbocycles. The Morgan fingerprint density at radius 3 is 1.94 bits per heavy atom. The Bertz CT molecular complexity index is 878. The van der Waals surface area contributed by atoms with E-state index in [1.54, 1.807) is 13.8 Å². The number of carbonyl (C=O) groups excluding carboxylic acids is 1. The lowest BCUT2D eigenvalue weighted by Crippen LogP contribution is -2.53. The van der Waals surface area contributed by atoms with Gasteiger partial charge in [0, 0.05) is 5.41 Å². The number of hydrogen-bond acceptors (Lipinski definition) is 6. The molecule has 5 N–H and O–H groups in total. The summed E-state index contributed by atoms with van der Waals surface area (Å²) in [5.41, 5.74) is 6.85. The molecule has 8 nitrogen and oxygen atoms in total. The molecule has 1 fully saturated rings. The molecule has 8 heteroatoms. The first-order chi connectivity index (χ1) is 16.0. The van der Waals surface area contributed by atoms with Crippen LogP contribution in [0.2, 0.25) is 0 Å². The summed E-state index contributed by atoms with van der Waals surface area (Å²) >= 11 is 0. The normalized spacial score (nSPS) is 19.4. The van der Waals surface area contributed by atoms with Crippen molar-refractivity contribution in [3.8, 4) is 0 Å². The van der Waals surface area contributed by atoms with E-state index in [1.807, 2.05) is 74.5 Å². The van der Waals surface area contributed by atoms with E-state index in [4.69, 9.17) is 20.3 Å². The van der Waals surface area contributed by atoms with Crippen molar-refractivity contribution >= 4 is 11.9 Å². The molecule has 34 heavy (non-hydrogen) atoms. The highest BCUT2D eigenvalue weighted by molar-refractivity contribution is 5.81. The second-order valence-corrected chi connectivity index (χ2v) is 9.37. The van der Waals surface area contributed by atoms with Gasteiger partial charge < -0.3 is 30.7 Å².